The van der Waals surface area contributed by atoms with Gasteiger partial charge in [-0.1, -0.05) is 0 Å². The Morgan fingerprint density at radius 3 is 2.26 bits per heavy atom. The molecule has 23 heavy (non-hydrogen) atoms. The first-order chi connectivity index (χ1) is 10.5. The van der Waals surface area contributed by atoms with Gasteiger partial charge >= 0.3 is 5.97 Å². The van der Waals surface area contributed by atoms with Crippen LogP contribution in [0.4, 0.5) is 11.4 Å². The second-order valence-electron chi connectivity index (χ2n) is 5.27. The molecule has 1 saturated heterocycles. The number of hydrogen-bond acceptors (Lipinski definition) is 4. The van der Waals surface area contributed by atoms with Crippen LogP contribution in [0.2, 0.25) is 0 Å². The Hall–Kier alpha value is -2.12. The number of hydrogen-bond donors (Lipinski definition) is 3. The highest BCUT2D eigenvalue weighted by Gasteiger charge is 2.31. The number of nitrogens with one attached hydrogen (secondary N) is 2. The molecular weight excluding hydrogens is 322 g/mol. The number of carbonyl (C=O) groups excluding carboxylic acids is 2. The van der Waals surface area contributed by atoms with E-state index in [-0.39, 0.29) is 30.8 Å². The fourth-order valence-electron chi connectivity index (χ4n) is 2.52. The molecule has 3 N–H and O–H groups in total. The molecule has 1 aliphatic heterocycles. The van der Waals surface area contributed by atoms with Crippen molar-refractivity contribution in [3.05, 3.63) is 24.3 Å². The number of carboxylic acid groups (broad SMARTS) is 1. The zero-order valence-electron chi connectivity index (χ0n) is 12.7. The van der Waals surface area contributed by atoms with E-state index < -0.39 is 12.0 Å². The minimum Gasteiger partial charge on any atom is -0.480 e. The minimum absolute atomic E-state index is 0. The Morgan fingerprint density at radius 2 is 1.74 bits per heavy atom. The minimum atomic E-state index is -0.884. The van der Waals surface area contributed by atoms with Crippen molar-refractivity contribution in [1.82, 2.24) is 4.90 Å². The predicted octanol–water partition coefficient (Wildman–Crippen LogP) is 1.55. The van der Waals surface area contributed by atoms with Crippen molar-refractivity contribution < 1.29 is 19.5 Å². The molecule has 0 spiro atoms. The zero-order chi connectivity index (χ0) is 16.1. The Morgan fingerprint density at radius 1 is 1.17 bits per heavy atom. The SMILES string of the molecule is CC(=O)Nc1ccc(NC(=O)CN2CCCC2C(=O)O)cc1.Cl. The number of carbonyl (C=O) groups is 3. The van der Waals surface area contributed by atoms with Gasteiger partial charge in [-0.15, -0.1) is 12.4 Å². The van der Waals surface area contributed by atoms with Crippen LogP contribution in [0, 0.1) is 0 Å². The van der Waals surface area contributed by atoms with Gasteiger partial charge in [0.25, 0.3) is 0 Å². The quantitative estimate of drug-likeness (QED) is 0.754. The van der Waals surface area contributed by atoms with E-state index in [1.165, 1.54) is 6.92 Å². The highest BCUT2D eigenvalue weighted by molar-refractivity contribution is 5.93. The van der Waals surface area contributed by atoms with Crippen LogP contribution in [0.1, 0.15) is 19.8 Å². The molecule has 2 rings (SSSR count). The molecule has 2 amide bonds. The molecule has 1 aromatic rings. The number of benzene rings is 1. The average Bonchev–Trinajstić information content (AvgIpc) is 2.88. The molecule has 0 aromatic heterocycles. The van der Waals surface area contributed by atoms with Crippen molar-refractivity contribution in [2.24, 2.45) is 0 Å². The fourth-order valence-corrected chi connectivity index (χ4v) is 2.52. The van der Waals surface area contributed by atoms with Crippen LogP contribution in [0.15, 0.2) is 24.3 Å². The molecule has 8 heteroatoms. The van der Waals surface area contributed by atoms with Gasteiger partial charge in [0.1, 0.15) is 6.04 Å². The molecule has 0 bridgehead atoms. The van der Waals surface area contributed by atoms with Gasteiger partial charge in [0.15, 0.2) is 0 Å². The Bertz CT molecular complexity index is 577. The lowest BCUT2D eigenvalue weighted by atomic mass is 10.2. The van der Waals surface area contributed by atoms with Crippen LogP contribution in [0.3, 0.4) is 0 Å². The van der Waals surface area contributed by atoms with Crippen molar-refractivity contribution in [2.45, 2.75) is 25.8 Å². The first-order valence-electron chi connectivity index (χ1n) is 7.10. The predicted molar refractivity (Wildman–Crippen MR) is 88.9 cm³/mol. The number of aliphatic carboxylic acids is 1. The van der Waals surface area contributed by atoms with E-state index in [9.17, 15) is 14.4 Å². The highest BCUT2D eigenvalue weighted by Crippen LogP contribution is 2.18. The largest absolute Gasteiger partial charge is 0.480 e. The van der Waals surface area contributed by atoms with Crippen LogP contribution < -0.4 is 10.6 Å². The molecule has 1 heterocycles. The van der Waals surface area contributed by atoms with Gasteiger partial charge in [-0.2, -0.15) is 0 Å². The van der Waals surface area contributed by atoms with Gasteiger partial charge in [-0.3, -0.25) is 19.3 Å². The van der Waals surface area contributed by atoms with E-state index in [0.717, 1.165) is 6.42 Å². The maximum Gasteiger partial charge on any atom is 0.320 e. The molecule has 1 aliphatic rings. The van der Waals surface area contributed by atoms with Crippen molar-refractivity contribution in [3.8, 4) is 0 Å². The lowest BCUT2D eigenvalue weighted by molar-refractivity contribution is -0.142. The molecule has 1 fully saturated rings. The normalized spacial score (nSPS) is 17.2. The van der Waals surface area contributed by atoms with Crippen molar-refractivity contribution >= 4 is 41.6 Å². The molecule has 0 saturated carbocycles. The van der Waals surface area contributed by atoms with E-state index in [1.807, 2.05) is 0 Å². The van der Waals surface area contributed by atoms with Crippen LogP contribution in [0.5, 0.6) is 0 Å². The number of halogens is 1. The maximum absolute atomic E-state index is 12.0. The van der Waals surface area contributed by atoms with Gasteiger partial charge in [0.05, 0.1) is 6.54 Å². The first kappa shape index (κ1) is 18.9. The summed E-state index contributed by atoms with van der Waals surface area (Å²) in [7, 11) is 0. The summed E-state index contributed by atoms with van der Waals surface area (Å²) in [5.41, 5.74) is 1.25. The summed E-state index contributed by atoms with van der Waals surface area (Å²) in [4.78, 5) is 35.6. The fraction of sp³-hybridized carbons (Fsp3) is 0.400. The third-order valence-corrected chi connectivity index (χ3v) is 3.48. The van der Waals surface area contributed by atoms with Crippen LogP contribution >= 0.6 is 12.4 Å². The van der Waals surface area contributed by atoms with Crippen LogP contribution in [-0.2, 0) is 14.4 Å². The molecule has 0 radical (unpaired) electrons. The summed E-state index contributed by atoms with van der Waals surface area (Å²) >= 11 is 0. The number of carboxylic acids is 1. The molecule has 7 nitrogen and oxygen atoms in total. The Balaban J connectivity index is 0.00000264. The second-order valence-corrected chi connectivity index (χ2v) is 5.27. The number of anilines is 2. The molecule has 1 unspecified atom stereocenters. The number of likely N-dealkylation sites (tertiary alicyclic amines) is 1. The van der Waals surface area contributed by atoms with E-state index in [4.69, 9.17) is 5.11 Å². The summed E-state index contributed by atoms with van der Waals surface area (Å²) in [5.74, 6) is -1.30. The summed E-state index contributed by atoms with van der Waals surface area (Å²) in [6.07, 6.45) is 1.36. The number of nitrogens with zero attached hydrogens (tertiary/aromatic N) is 1. The summed E-state index contributed by atoms with van der Waals surface area (Å²) < 4.78 is 0. The molecule has 0 aliphatic carbocycles. The third kappa shape index (κ3) is 5.54. The van der Waals surface area contributed by atoms with Crippen molar-refractivity contribution in [1.29, 1.82) is 0 Å². The van der Waals surface area contributed by atoms with E-state index in [0.29, 0.717) is 24.3 Å². The molecule has 126 valence electrons. The highest BCUT2D eigenvalue weighted by atomic mass is 35.5. The topological polar surface area (TPSA) is 98.7 Å². The van der Waals surface area contributed by atoms with Crippen LogP contribution in [0.25, 0.3) is 0 Å². The zero-order valence-corrected chi connectivity index (χ0v) is 13.6. The standard InChI is InChI=1S/C15H19N3O4.ClH/c1-10(19)16-11-4-6-12(7-5-11)17-14(20)9-18-8-2-3-13(18)15(21)22;/h4-7,13H,2-3,8-9H2,1H3,(H,16,19)(H,17,20)(H,21,22);1H. The second kappa shape index (κ2) is 8.50. The van der Waals surface area contributed by atoms with Crippen molar-refractivity contribution in [3.63, 3.8) is 0 Å². The van der Waals surface area contributed by atoms with Gasteiger partial charge in [0, 0.05) is 18.3 Å². The van der Waals surface area contributed by atoms with E-state index in [1.54, 1.807) is 29.2 Å². The lowest BCUT2D eigenvalue weighted by Gasteiger charge is -2.20. The lowest BCUT2D eigenvalue weighted by Crippen LogP contribution is -2.40. The van der Waals surface area contributed by atoms with Gasteiger partial charge < -0.3 is 15.7 Å². The monoisotopic (exact) mass is 341 g/mol. The summed E-state index contributed by atoms with van der Waals surface area (Å²) in [6, 6.07) is 6.16. The summed E-state index contributed by atoms with van der Waals surface area (Å²) in [5, 5.41) is 14.4. The van der Waals surface area contributed by atoms with Gasteiger partial charge in [-0.25, -0.2) is 0 Å². The maximum atomic E-state index is 12.0. The Labute approximate surface area is 140 Å². The van der Waals surface area contributed by atoms with Crippen molar-refractivity contribution in [2.75, 3.05) is 23.7 Å². The smallest absolute Gasteiger partial charge is 0.320 e. The first-order valence-corrected chi connectivity index (χ1v) is 7.10. The molecular formula is C15H20ClN3O4. The van der Waals surface area contributed by atoms with E-state index >= 15 is 0 Å². The molecule has 1 aromatic carbocycles. The molecule has 1 atom stereocenters. The van der Waals surface area contributed by atoms with E-state index in [2.05, 4.69) is 10.6 Å². The Kier molecular flexibility index (Phi) is 6.99. The van der Waals surface area contributed by atoms with Gasteiger partial charge in [0.2, 0.25) is 11.8 Å². The number of rotatable bonds is 5. The number of amides is 2. The van der Waals surface area contributed by atoms with Gasteiger partial charge in [-0.05, 0) is 43.7 Å². The average molecular weight is 342 g/mol. The summed E-state index contributed by atoms with van der Waals surface area (Å²) in [6.45, 7) is 2.10. The third-order valence-electron chi connectivity index (χ3n) is 3.48. The van der Waals surface area contributed by atoms with Crippen LogP contribution in [-0.4, -0.2) is 46.9 Å².